The molecule has 4 rings (SSSR count). The van der Waals surface area contributed by atoms with Gasteiger partial charge in [-0.1, -0.05) is 38.1 Å². The van der Waals surface area contributed by atoms with Gasteiger partial charge in [0.05, 0.1) is 5.69 Å². The molecule has 0 N–H and O–H groups in total. The molecular weight excluding hydrogens is 286 g/mol. The van der Waals surface area contributed by atoms with Gasteiger partial charge < -0.3 is 0 Å². The second-order valence-corrected chi connectivity index (χ2v) is 7.44. The van der Waals surface area contributed by atoms with Crippen LogP contribution in [0, 0.1) is 11.8 Å². The molecule has 1 atom stereocenters. The Morgan fingerprint density at radius 1 is 1.09 bits per heavy atom. The van der Waals surface area contributed by atoms with Crippen LogP contribution in [-0.2, 0) is 6.42 Å². The van der Waals surface area contributed by atoms with Gasteiger partial charge in [0.1, 0.15) is 0 Å². The Bertz CT molecular complexity index is 843. The van der Waals surface area contributed by atoms with E-state index >= 15 is 0 Å². The SMILES string of the molecule is CC(C)C1Cc2sc3ccccc3c2C=C1c1ccccn1. The van der Waals surface area contributed by atoms with Crippen LogP contribution < -0.4 is 0 Å². The predicted octanol–water partition coefficient (Wildman–Crippen LogP) is 5.67. The monoisotopic (exact) mass is 305 g/mol. The van der Waals surface area contributed by atoms with Gasteiger partial charge in [-0.05, 0) is 59.1 Å². The normalized spacial score (nSPS) is 17.6. The second-order valence-electron chi connectivity index (χ2n) is 6.30. The summed E-state index contributed by atoms with van der Waals surface area (Å²) in [5.74, 6) is 1.17. The Hall–Kier alpha value is -1.93. The molecule has 0 saturated heterocycles. The number of hydrogen-bond acceptors (Lipinski definition) is 2. The minimum Gasteiger partial charge on any atom is -0.257 e. The summed E-state index contributed by atoms with van der Waals surface area (Å²) in [6, 6.07) is 15.0. The number of aromatic nitrogens is 1. The summed E-state index contributed by atoms with van der Waals surface area (Å²) < 4.78 is 1.40. The van der Waals surface area contributed by atoms with E-state index in [1.54, 1.807) is 0 Å². The lowest BCUT2D eigenvalue weighted by molar-refractivity contribution is 0.477. The highest BCUT2D eigenvalue weighted by Gasteiger charge is 2.28. The molecule has 1 aliphatic rings. The zero-order valence-corrected chi connectivity index (χ0v) is 13.7. The van der Waals surface area contributed by atoms with E-state index in [0.717, 1.165) is 12.1 Å². The average Bonchev–Trinajstić information content (AvgIpc) is 2.92. The van der Waals surface area contributed by atoms with Gasteiger partial charge in [0.15, 0.2) is 0 Å². The Kier molecular flexibility index (Phi) is 3.34. The first-order chi connectivity index (χ1) is 10.7. The first-order valence-electron chi connectivity index (χ1n) is 7.87. The zero-order valence-electron chi connectivity index (χ0n) is 12.9. The lowest BCUT2D eigenvalue weighted by atomic mass is 9.78. The molecule has 22 heavy (non-hydrogen) atoms. The van der Waals surface area contributed by atoms with Crippen molar-refractivity contribution in [1.29, 1.82) is 0 Å². The molecule has 1 aromatic carbocycles. The van der Waals surface area contributed by atoms with Crippen molar-refractivity contribution in [2.24, 2.45) is 11.8 Å². The van der Waals surface area contributed by atoms with E-state index in [0.29, 0.717) is 11.8 Å². The summed E-state index contributed by atoms with van der Waals surface area (Å²) in [5.41, 5.74) is 3.94. The van der Waals surface area contributed by atoms with Gasteiger partial charge in [-0.3, -0.25) is 4.98 Å². The molecule has 0 amide bonds. The van der Waals surface area contributed by atoms with Gasteiger partial charge in [-0.2, -0.15) is 0 Å². The van der Waals surface area contributed by atoms with Gasteiger partial charge in [0.25, 0.3) is 0 Å². The molecule has 2 aromatic heterocycles. The smallest absolute Gasteiger partial charge is 0.0664 e. The van der Waals surface area contributed by atoms with E-state index in [4.69, 9.17) is 0 Å². The predicted molar refractivity (Wildman–Crippen MR) is 96.0 cm³/mol. The molecule has 0 fully saturated rings. The van der Waals surface area contributed by atoms with E-state index in [1.807, 2.05) is 23.6 Å². The van der Waals surface area contributed by atoms with Crippen LogP contribution >= 0.6 is 11.3 Å². The molecule has 0 saturated carbocycles. The molecular formula is C20H19NS. The van der Waals surface area contributed by atoms with Gasteiger partial charge >= 0.3 is 0 Å². The third kappa shape index (κ3) is 2.19. The minimum absolute atomic E-state index is 0.551. The van der Waals surface area contributed by atoms with Crippen molar-refractivity contribution in [3.8, 4) is 0 Å². The molecule has 2 heterocycles. The van der Waals surface area contributed by atoms with Gasteiger partial charge in [0, 0.05) is 15.8 Å². The molecule has 110 valence electrons. The molecule has 0 bridgehead atoms. The number of pyridine rings is 1. The Morgan fingerprint density at radius 2 is 1.91 bits per heavy atom. The summed E-state index contributed by atoms with van der Waals surface area (Å²) in [6.45, 7) is 4.64. The topological polar surface area (TPSA) is 12.9 Å². The number of benzene rings is 1. The van der Waals surface area contributed by atoms with Crippen LogP contribution in [0.5, 0.6) is 0 Å². The van der Waals surface area contributed by atoms with Gasteiger partial charge in [-0.25, -0.2) is 0 Å². The van der Waals surface area contributed by atoms with Crippen molar-refractivity contribution in [3.05, 3.63) is 64.8 Å². The van der Waals surface area contributed by atoms with Gasteiger partial charge in [0.2, 0.25) is 0 Å². The van der Waals surface area contributed by atoms with E-state index in [1.165, 1.54) is 26.1 Å². The fourth-order valence-corrected chi connectivity index (χ4v) is 4.63. The molecule has 0 radical (unpaired) electrons. The number of allylic oxidation sites excluding steroid dienone is 1. The number of fused-ring (bicyclic) bond motifs is 3. The maximum Gasteiger partial charge on any atom is 0.0664 e. The van der Waals surface area contributed by atoms with Crippen LogP contribution in [0.25, 0.3) is 21.7 Å². The lowest BCUT2D eigenvalue weighted by Gasteiger charge is -2.27. The highest BCUT2D eigenvalue weighted by atomic mass is 32.1. The Labute approximate surface area is 135 Å². The number of hydrogen-bond donors (Lipinski definition) is 0. The average molecular weight is 305 g/mol. The van der Waals surface area contributed by atoms with E-state index < -0.39 is 0 Å². The van der Waals surface area contributed by atoms with E-state index in [-0.39, 0.29) is 0 Å². The molecule has 0 spiro atoms. The van der Waals surface area contributed by atoms with Crippen LogP contribution in [-0.4, -0.2) is 4.98 Å². The highest BCUT2D eigenvalue weighted by Crippen LogP contribution is 2.44. The van der Waals surface area contributed by atoms with Crippen molar-refractivity contribution < 1.29 is 0 Å². The summed E-state index contributed by atoms with van der Waals surface area (Å²) in [7, 11) is 0. The minimum atomic E-state index is 0.551. The van der Waals surface area contributed by atoms with Gasteiger partial charge in [-0.15, -0.1) is 11.3 Å². The van der Waals surface area contributed by atoms with Crippen molar-refractivity contribution in [3.63, 3.8) is 0 Å². The Morgan fingerprint density at radius 3 is 2.68 bits per heavy atom. The summed E-state index contributed by atoms with van der Waals surface area (Å²) in [5, 5.41) is 1.39. The maximum absolute atomic E-state index is 4.61. The summed E-state index contributed by atoms with van der Waals surface area (Å²) >= 11 is 1.95. The van der Waals surface area contributed by atoms with Crippen molar-refractivity contribution in [2.75, 3.05) is 0 Å². The number of thiophene rings is 1. The lowest BCUT2D eigenvalue weighted by Crippen LogP contribution is -2.17. The largest absolute Gasteiger partial charge is 0.257 e. The molecule has 2 heteroatoms. The first kappa shape index (κ1) is 13.7. The van der Waals surface area contributed by atoms with Crippen molar-refractivity contribution >= 4 is 33.1 Å². The standard InChI is InChI=1S/C20H19NS/c1-13(2)15-12-20-17(14-7-3-4-9-19(14)22-20)11-16(15)18-8-5-6-10-21-18/h3-11,13,15H,12H2,1-2H3. The zero-order chi connectivity index (χ0) is 15.1. The molecule has 1 aliphatic carbocycles. The third-order valence-corrected chi connectivity index (χ3v) is 5.79. The first-order valence-corrected chi connectivity index (χ1v) is 8.69. The molecule has 3 aromatic rings. The van der Waals surface area contributed by atoms with Crippen LogP contribution in [0.15, 0.2) is 48.7 Å². The fraction of sp³-hybridized carbons (Fsp3) is 0.250. The van der Waals surface area contributed by atoms with E-state index in [9.17, 15) is 0 Å². The fourth-order valence-electron chi connectivity index (χ4n) is 3.39. The number of rotatable bonds is 2. The summed E-state index contributed by atoms with van der Waals surface area (Å²) in [4.78, 5) is 6.13. The molecule has 1 nitrogen and oxygen atoms in total. The molecule has 0 aliphatic heterocycles. The Balaban J connectivity index is 1.93. The third-order valence-electron chi connectivity index (χ3n) is 4.58. The number of nitrogens with zero attached hydrogens (tertiary/aromatic N) is 1. The van der Waals surface area contributed by atoms with Crippen molar-refractivity contribution in [1.82, 2.24) is 4.98 Å². The summed E-state index contributed by atoms with van der Waals surface area (Å²) in [6.07, 6.45) is 5.42. The van der Waals surface area contributed by atoms with Crippen LogP contribution in [0.1, 0.15) is 30.0 Å². The second kappa shape index (κ2) is 5.36. The molecule has 1 unspecified atom stereocenters. The van der Waals surface area contributed by atoms with E-state index in [2.05, 4.69) is 61.3 Å². The maximum atomic E-state index is 4.61. The highest BCUT2D eigenvalue weighted by molar-refractivity contribution is 7.19. The van der Waals surface area contributed by atoms with Crippen LogP contribution in [0.2, 0.25) is 0 Å². The van der Waals surface area contributed by atoms with Crippen LogP contribution in [0.4, 0.5) is 0 Å². The van der Waals surface area contributed by atoms with Crippen LogP contribution in [0.3, 0.4) is 0 Å². The quantitative estimate of drug-likeness (QED) is 0.595. The van der Waals surface area contributed by atoms with Crippen molar-refractivity contribution in [2.45, 2.75) is 20.3 Å².